The van der Waals surface area contributed by atoms with Crippen LogP contribution < -0.4 is 0 Å². The molecule has 0 aromatic carbocycles. The number of hydrogen-bond acceptors (Lipinski definition) is 5. The van der Waals surface area contributed by atoms with Crippen LogP contribution in [0.25, 0.3) is 0 Å². The summed E-state index contributed by atoms with van der Waals surface area (Å²) in [6.07, 6.45) is 8.73. The highest BCUT2D eigenvalue weighted by Gasteiger charge is 2.65. The smallest absolute Gasteiger partial charge is 0.303 e. The van der Waals surface area contributed by atoms with Crippen LogP contribution in [-0.4, -0.2) is 36.9 Å². The van der Waals surface area contributed by atoms with Gasteiger partial charge in [0.25, 0.3) is 0 Å². The van der Waals surface area contributed by atoms with E-state index in [1.54, 1.807) is 0 Å². The molecule has 0 aromatic heterocycles. The maximum absolute atomic E-state index is 12.8. The Morgan fingerprint density at radius 3 is 2.82 bits per heavy atom. The van der Waals surface area contributed by atoms with E-state index in [9.17, 15) is 14.4 Å². The fourth-order valence-corrected chi connectivity index (χ4v) is 7.84. The third kappa shape index (κ3) is 2.44. The van der Waals surface area contributed by atoms with E-state index in [0.717, 1.165) is 45.1 Å². The summed E-state index contributed by atoms with van der Waals surface area (Å²) in [5, 5.41) is 0. The van der Waals surface area contributed by atoms with Crippen LogP contribution in [0.2, 0.25) is 0 Å². The van der Waals surface area contributed by atoms with Crippen LogP contribution in [0, 0.1) is 34.5 Å². The van der Waals surface area contributed by atoms with Crippen LogP contribution in [0.1, 0.15) is 58.8 Å². The Hall–Kier alpha value is -1.49. The number of esters is 1. The molecule has 0 spiro atoms. The van der Waals surface area contributed by atoms with Crippen molar-refractivity contribution in [1.29, 1.82) is 0 Å². The van der Waals surface area contributed by atoms with E-state index in [2.05, 4.69) is 6.92 Å². The summed E-state index contributed by atoms with van der Waals surface area (Å²) < 4.78 is 11.3. The molecule has 5 nitrogen and oxygen atoms in total. The molecule has 1 aliphatic heterocycles. The first-order valence-corrected chi connectivity index (χ1v) is 10.9. The number of ether oxygens (including phenoxy) is 2. The lowest BCUT2D eigenvalue weighted by Gasteiger charge is -2.56. The highest BCUT2D eigenvalue weighted by Crippen LogP contribution is 2.68. The summed E-state index contributed by atoms with van der Waals surface area (Å²) in [6, 6.07) is 0. The second-order valence-electron chi connectivity index (χ2n) is 10.1. The summed E-state index contributed by atoms with van der Waals surface area (Å²) in [6.45, 7) is 4.35. The molecule has 4 fully saturated rings. The topological polar surface area (TPSA) is 69.7 Å². The van der Waals surface area contributed by atoms with E-state index in [4.69, 9.17) is 9.47 Å². The largest absolute Gasteiger partial charge is 0.458 e. The van der Waals surface area contributed by atoms with Crippen LogP contribution in [0.4, 0.5) is 0 Å². The quantitative estimate of drug-likeness (QED) is 0.697. The van der Waals surface area contributed by atoms with Crippen molar-refractivity contribution in [3.05, 3.63) is 11.6 Å². The first kappa shape index (κ1) is 18.5. The molecule has 0 aromatic rings. The van der Waals surface area contributed by atoms with Crippen LogP contribution in [0.15, 0.2) is 11.6 Å². The van der Waals surface area contributed by atoms with Gasteiger partial charge in [0.1, 0.15) is 6.61 Å². The van der Waals surface area contributed by atoms with Crippen molar-refractivity contribution >= 4 is 17.5 Å². The zero-order chi connectivity index (χ0) is 19.7. The molecule has 5 heteroatoms. The molecule has 152 valence electrons. The van der Waals surface area contributed by atoms with Gasteiger partial charge in [0.15, 0.2) is 11.6 Å². The fraction of sp³-hybridized carbons (Fsp3) is 0.783. The van der Waals surface area contributed by atoms with Gasteiger partial charge >= 0.3 is 5.97 Å². The number of rotatable bonds is 3. The Morgan fingerprint density at radius 1 is 1.21 bits per heavy atom. The van der Waals surface area contributed by atoms with E-state index in [1.165, 1.54) is 12.5 Å². The van der Waals surface area contributed by atoms with Gasteiger partial charge in [-0.05, 0) is 73.3 Å². The van der Waals surface area contributed by atoms with E-state index >= 15 is 0 Å². The first-order chi connectivity index (χ1) is 13.3. The predicted octanol–water partition coefficient (Wildman–Crippen LogP) is 3.26. The van der Waals surface area contributed by atoms with E-state index in [1.807, 2.05) is 6.08 Å². The average molecular weight is 386 g/mol. The molecule has 1 unspecified atom stereocenters. The minimum atomic E-state index is -0.386. The van der Waals surface area contributed by atoms with Crippen molar-refractivity contribution in [2.24, 2.45) is 34.5 Å². The zero-order valence-electron chi connectivity index (χ0n) is 16.9. The Bertz CT molecular complexity index is 769. The molecule has 0 amide bonds. The molecule has 5 rings (SSSR count). The van der Waals surface area contributed by atoms with Gasteiger partial charge in [-0.3, -0.25) is 14.4 Å². The average Bonchev–Trinajstić information content (AvgIpc) is 3.14. The normalized spacial score (nSPS) is 46.3. The van der Waals surface area contributed by atoms with Crippen molar-refractivity contribution in [3.63, 3.8) is 0 Å². The number of carbonyl (C=O) groups is 3. The predicted molar refractivity (Wildman–Crippen MR) is 101 cm³/mol. The van der Waals surface area contributed by atoms with Gasteiger partial charge < -0.3 is 9.47 Å². The molecule has 28 heavy (non-hydrogen) atoms. The van der Waals surface area contributed by atoms with Crippen molar-refractivity contribution < 1.29 is 23.9 Å². The lowest BCUT2D eigenvalue weighted by atomic mass is 9.46. The van der Waals surface area contributed by atoms with Gasteiger partial charge in [0, 0.05) is 24.7 Å². The van der Waals surface area contributed by atoms with E-state index in [-0.39, 0.29) is 47.0 Å². The molecule has 2 bridgehead atoms. The van der Waals surface area contributed by atoms with E-state index in [0.29, 0.717) is 24.2 Å². The monoisotopic (exact) mass is 386 g/mol. The number of fused-ring (bicyclic) bond motifs is 3. The van der Waals surface area contributed by atoms with Crippen LogP contribution in [0.3, 0.4) is 0 Å². The van der Waals surface area contributed by atoms with Crippen molar-refractivity contribution in [3.8, 4) is 0 Å². The van der Waals surface area contributed by atoms with Gasteiger partial charge in [-0.2, -0.15) is 0 Å². The van der Waals surface area contributed by atoms with Crippen LogP contribution in [-0.2, 0) is 23.9 Å². The minimum absolute atomic E-state index is 0.000181. The van der Waals surface area contributed by atoms with Crippen LogP contribution in [0.5, 0.6) is 0 Å². The number of carbonyl (C=O) groups excluding carboxylic acids is 3. The standard InChI is InChI=1S/C23H30O5/c1-13(24)27-11-20(26)18-4-3-16-15-10-21-19-9-14(25)5-8-23(19,12-28-21)17(15)6-7-22(16,18)2/h9,15-18,21H,3-8,10-12H2,1-2H3/t15-,16-,17-,18+,21?,22-,23-/m0/s1. The van der Waals surface area contributed by atoms with Crippen molar-refractivity contribution in [2.75, 3.05) is 13.2 Å². The highest BCUT2D eigenvalue weighted by atomic mass is 16.5. The maximum Gasteiger partial charge on any atom is 0.303 e. The second-order valence-corrected chi connectivity index (χ2v) is 10.1. The number of hydrogen-bond donors (Lipinski definition) is 0. The number of Topliss-reactive ketones (excluding diaryl/α,β-unsaturated/α-hetero) is 1. The third-order valence-corrected chi connectivity index (χ3v) is 9.04. The summed E-state index contributed by atoms with van der Waals surface area (Å²) in [5.74, 6) is 1.64. The molecule has 7 atom stereocenters. The molecule has 3 saturated carbocycles. The molecule has 1 heterocycles. The van der Waals surface area contributed by atoms with Crippen molar-refractivity contribution in [1.82, 2.24) is 0 Å². The van der Waals surface area contributed by atoms with Gasteiger partial charge in [0.05, 0.1) is 12.7 Å². The molecular formula is C23H30O5. The summed E-state index contributed by atoms with van der Waals surface area (Å²) >= 11 is 0. The molecule has 1 saturated heterocycles. The SMILES string of the molecule is CC(=O)OCC(=O)[C@H]1CC[C@H]2[C@@H]3CC4OC[C@@]5(CCC(=O)C=C45)[C@H]3CC[C@]12C. The van der Waals surface area contributed by atoms with Gasteiger partial charge in [-0.25, -0.2) is 0 Å². The molecule has 0 N–H and O–H groups in total. The van der Waals surface area contributed by atoms with Gasteiger partial charge in [0.2, 0.25) is 0 Å². The fourth-order valence-electron chi connectivity index (χ4n) is 7.84. The Labute approximate surface area is 166 Å². The Kier molecular flexibility index (Phi) is 4.14. The summed E-state index contributed by atoms with van der Waals surface area (Å²) in [7, 11) is 0. The van der Waals surface area contributed by atoms with Gasteiger partial charge in [-0.1, -0.05) is 6.92 Å². The Morgan fingerprint density at radius 2 is 2.04 bits per heavy atom. The summed E-state index contributed by atoms with van der Waals surface area (Å²) in [4.78, 5) is 36.0. The third-order valence-electron chi connectivity index (χ3n) is 9.04. The maximum atomic E-state index is 12.8. The summed E-state index contributed by atoms with van der Waals surface area (Å²) in [5.41, 5.74) is 1.36. The Balaban J connectivity index is 1.41. The van der Waals surface area contributed by atoms with Crippen LogP contribution >= 0.6 is 0 Å². The minimum Gasteiger partial charge on any atom is -0.458 e. The number of ketones is 2. The molecule has 0 radical (unpaired) electrons. The zero-order valence-corrected chi connectivity index (χ0v) is 16.9. The highest BCUT2D eigenvalue weighted by molar-refractivity contribution is 5.92. The molecular weight excluding hydrogens is 356 g/mol. The van der Waals surface area contributed by atoms with E-state index < -0.39 is 0 Å². The first-order valence-electron chi connectivity index (χ1n) is 10.9. The van der Waals surface area contributed by atoms with Crippen molar-refractivity contribution in [2.45, 2.75) is 64.9 Å². The second kappa shape index (κ2) is 6.25. The molecule has 4 aliphatic carbocycles. The lowest BCUT2D eigenvalue weighted by molar-refractivity contribution is -0.149. The molecule has 5 aliphatic rings. The lowest BCUT2D eigenvalue weighted by Crippen LogP contribution is -2.53. The van der Waals surface area contributed by atoms with Gasteiger partial charge in [-0.15, -0.1) is 0 Å².